The SMILES string of the molecule is CC[C@H](NC(=O)c1ccc(N(C)S(C)(=O)=O)cc1)c1ccc(OC)c(C)c1. The van der Waals surface area contributed by atoms with E-state index in [2.05, 4.69) is 5.32 Å². The zero-order valence-electron chi connectivity index (χ0n) is 16.3. The summed E-state index contributed by atoms with van der Waals surface area (Å²) in [5, 5.41) is 3.03. The number of ether oxygens (including phenoxy) is 1. The standard InChI is InChI=1S/C20H26N2O4S/c1-6-18(16-9-12-19(26-4)14(2)13-16)21-20(23)15-7-10-17(11-8-15)22(3)27(5,24)25/h7-13,18H,6H2,1-5H3,(H,21,23)/t18-/m0/s1. The van der Waals surface area contributed by atoms with Gasteiger partial charge in [0.25, 0.3) is 5.91 Å². The first-order valence-electron chi connectivity index (χ1n) is 8.66. The second kappa shape index (κ2) is 8.43. The number of sulfonamides is 1. The fourth-order valence-electron chi connectivity index (χ4n) is 2.80. The average Bonchev–Trinajstić information content (AvgIpc) is 2.64. The van der Waals surface area contributed by atoms with Gasteiger partial charge in [0, 0.05) is 12.6 Å². The van der Waals surface area contributed by atoms with Gasteiger partial charge in [0.1, 0.15) is 5.75 Å². The van der Waals surface area contributed by atoms with E-state index >= 15 is 0 Å². The van der Waals surface area contributed by atoms with Crippen LogP contribution in [0.15, 0.2) is 42.5 Å². The summed E-state index contributed by atoms with van der Waals surface area (Å²) in [6, 6.07) is 12.2. The van der Waals surface area contributed by atoms with E-state index in [1.54, 1.807) is 31.4 Å². The molecule has 0 radical (unpaired) electrons. The molecule has 0 saturated carbocycles. The summed E-state index contributed by atoms with van der Waals surface area (Å²) in [5.74, 6) is 0.606. The van der Waals surface area contributed by atoms with Gasteiger partial charge in [0.2, 0.25) is 10.0 Å². The number of carbonyl (C=O) groups excluding carboxylic acids is 1. The molecule has 146 valence electrons. The number of hydrogen-bond acceptors (Lipinski definition) is 4. The summed E-state index contributed by atoms with van der Waals surface area (Å²) in [4.78, 5) is 12.6. The third kappa shape index (κ3) is 5.01. The number of hydrogen-bond donors (Lipinski definition) is 1. The lowest BCUT2D eigenvalue weighted by Crippen LogP contribution is -2.28. The maximum absolute atomic E-state index is 12.6. The zero-order chi connectivity index (χ0) is 20.2. The van der Waals surface area contributed by atoms with Crippen molar-refractivity contribution in [1.29, 1.82) is 0 Å². The van der Waals surface area contributed by atoms with Gasteiger partial charge in [-0.1, -0.05) is 19.1 Å². The topological polar surface area (TPSA) is 75.7 Å². The number of anilines is 1. The molecule has 2 aromatic carbocycles. The summed E-state index contributed by atoms with van der Waals surface area (Å²) in [5.41, 5.74) is 3.00. The lowest BCUT2D eigenvalue weighted by molar-refractivity contribution is 0.0935. The highest BCUT2D eigenvalue weighted by Crippen LogP contribution is 2.25. The highest BCUT2D eigenvalue weighted by atomic mass is 32.2. The summed E-state index contributed by atoms with van der Waals surface area (Å²) in [7, 11) is -0.229. The van der Waals surface area contributed by atoms with Gasteiger partial charge in [-0.3, -0.25) is 9.10 Å². The minimum atomic E-state index is -3.34. The van der Waals surface area contributed by atoms with Gasteiger partial charge in [0.05, 0.1) is 25.1 Å². The molecule has 0 aromatic heterocycles. The maximum atomic E-state index is 12.6. The van der Waals surface area contributed by atoms with Crippen molar-refractivity contribution in [2.24, 2.45) is 0 Å². The molecule has 0 aliphatic rings. The normalized spacial score (nSPS) is 12.3. The second-order valence-electron chi connectivity index (χ2n) is 6.44. The Hall–Kier alpha value is -2.54. The predicted molar refractivity (Wildman–Crippen MR) is 108 cm³/mol. The van der Waals surface area contributed by atoms with Crippen molar-refractivity contribution in [1.82, 2.24) is 5.32 Å². The first-order valence-corrected chi connectivity index (χ1v) is 10.5. The van der Waals surface area contributed by atoms with Gasteiger partial charge in [-0.15, -0.1) is 0 Å². The van der Waals surface area contributed by atoms with E-state index < -0.39 is 10.0 Å². The lowest BCUT2D eigenvalue weighted by atomic mass is 10.0. The molecule has 0 aliphatic carbocycles. The zero-order valence-corrected chi connectivity index (χ0v) is 17.1. The Balaban J connectivity index is 2.16. The minimum absolute atomic E-state index is 0.125. The van der Waals surface area contributed by atoms with E-state index in [0.29, 0.717) is 11.3 Å². The van der Waals surface area contributed by atoms with E-state index in [1.165, 1.54) is 11.4 Å². The molecule has 7 heteroatoms. The van der Waals surface area contributed by atoms with Crippen molar-refractivity contribution in [3.63, 3.8) is 0 Å². The van der Waals surface area contributed by atoms with Crippen LogP contribution in [0, 0.1) is 6.92 Å². The third-order valence-electron chi connectivity index (χ3n) is 4.53. The fourth-order valence-corrected chi connectivity index (χ4v) is 3.30. The molecular weight excluding hydrogens is 364 g/mol. The molecule has 2 aromatic rings. The number of aryl methyl sites for hydroxylation is 1. The fraction of sp³-hybridized carbons (Fsp3) is 0.350. The van der Waals surface area contributed by atoms with Crippen LogP contribution in [-0.4, -0.2) is 34.7 Å². The highest BCUT2D eigenvalue weighted by Gasteiger charge is 2.16. The van der Waals surface area contributed by atoms with Crippen molar-refractivity contribution >= 4 is 21.6 Å². The van der Waals surface area contributed by atoms with Crippen LogP contribution in [0.2, 0.25) is 0 Å². The van der Waals surface area contributed by atoms with Crippen LogP contribution in [0.1, 0.15) is 40.9 Å². The third-order valence-corrected chi connectivity index (χ3v) is 5.73. The first-order chi connectivity index (χ1) is 12.7. The van der Waals surface area contributed by atoms with Crippen LogP contribution in [0.5, 0.6) is 5.75 Å². The molecule has 0 spiro atoms. The van der Waals surface area contributed by atoms with Crippen molar-refractivity contribution in [3.8, 4) is 5.75 Å². The first kappa shape index (κ1) is 20.8. The van der Waals surface area contributed by atoms with Crippen LogP contribution in [0.3, 0.4) is 0 Å². The molecule has 0 heterocycles. The predicted octanol–water partition coefficient (Wildman–Crippen LogP) is 3.28. The Morgan fingerprint density at radius 1 is 1.19 bits per heavy atom. The van der Waals surface area contributed by atoms with Crippen molar-refractivity contribution in [2.75, 3.05) is 24.7 Å². The molecule has 1 amide bonds. The maximum Gasteiger partial charge on any atom is 0.251 e. The smallest absolute Gasteiger partial charge is 0.251 e. The molecule has 1 N–H and O–H groups in total. The molecule has 0 unspecified atom stereocenters. The lowest BCUT2D eigenvalue weighted by Gasteiger charge is -2.20. The van der Waals surface area contributed by atoms with Crippen molar-refractivity contribution < 1.29 is 17.9 Å². The van der Waals surface area contributed by atoms with Crippen LogP contribution in [0.4, 0.5) is 5.69 Å². The monoisotopic (exact) mass is 390 g/mol. The highest BCUT2D eigenvalue weighted by molar-refractivity contribution is 7.92. The van der Waals surface area contributed by atoms with E-state index in [9.17, 15) is 13.2 Å². The van der Waals surface area contributed by atoms with Crippen molar-refractivity contribution in [2.45, 2.75) is 26.3 Å². The molecule has 6 nitrogen and oxygen atoms in total. The molecule has 0 saturated heterocycles. The van der Waals surface area contributed by atoms with Gasteiger partial charge >= 0.3 is 0 Å². The Morgan fingerprint density at radius 2 is 1.81 bits per heavy atom. The number of amides is 1. The molecule has 0 aliphatic heterocycles. The molecule has 27 heavy (non-hydrogen) atoms. The summed E-state index contributed by atoms with van der Waals surface area (Å²) in [6.07, 6.45) is 1.88. The quantitative estimate of drug-likeness (QED) is 0.787. The van der Waals surface area contributed by atoms with Gasteiger partial charge in [0.15, 0.2) is 0 Å². The number of carbonyl (C=O) groups is 1. The Labute approximate surface area is 161 Å². The molecular formula is C20H26N2O4S. The van der Waals surface area contributed by atoms with Gasteiger partial charge in [-0.05, 0) is 54.8 Å². The Kier molecular flexibility index (Phi) is 6.49. The molecule has 0 bridgehead atoms. The van der Waals surface area contributed by atoms with E-state index in [-0.39, 0.29) is 11.9 Å². The summed E-state index contributed by atoms with van der Waals surface area (Å²) >= 11 is 0. The average molecular weight is 391 g/mol. The van der Waals surface area contributed by atoms with Crippen LogP contribution < -0.4 is 14.4 Å². The van der Waals surface area contributed by atoms with Crippen LogP contribution >= 0.6 is 0 Å². The summed E-state index contributed by atoms with van der Waals surface area (Å²) in [6.45, 7) is 3.97. The Morgan fingerprint density at radius 3 is 2.30 bits per heavy atom. The molecule has 1 atom stereocenters. The minimum Gasteiger partial charge on any atom is -0.496 e. The van der Waals surface area contributed by atoms with E-state index in [4.69, 9.17) is 4.74 Å². The van der Waals surface area contributed by atoms with Gasteiger partial charge < -0.3 is 10.1 Å². The van der Waals surface area contributed by atoms with Crippen LogP contribution in [-0.2, 0) is 10.0 Å². The number of nitrogens with one attached hydrogen (secondary N) is 1. The number of rotatable bonds is 7. The number of nitrogens with zero attached hydrogens (tertiary/aromatic N) is 1. The van der Waals surface area contributed by atoms with Crippen molar-refractivity contribution in [3.05, 3.63) is 59.2 Å². The van der Waals surface area contributed by atoms with E-state index in [0.717, 1.165) is 29.6 Å². The van der Waals surface area contributed by atoms with E-state index in [1.807, 2.05) is 32.0 Å². The number of methoxy groups -OCH3 is 1. The Bertz CT molecular complexity index is 908. The second-order valence-corrected chi connectivity index (χ2v) is 8.45. The van der Waals surface area contributed by atoms with Crippen LogP contribution in [0.25, 0.3) is 0 Å². The largest absolute Gasteiger partial charge is 0.496 e. The molecule has 2 rings (SSSR count). The van der Waals surface area contributed by atoms with Gasteiger partial charge in [-0.25, -0.2) is 8.42 Å². The summed E-state index contributed by atoms with van der Waals surface area (Å²) < 4.78 is 29.7. The molecule has 0 fully saturated rings. The number of benzene rings is 2. The van der Waals surface area contributed by atoms with Gasteiger partial charge in [-0.2, -0.15) is 0 Å².